The summed E-state index contributed by atoms with van der Waals surface area (Å²) < 4.78 is 44.0. The first-order valence-electron chi connectivity index (χ1n) is 8.11. The second-order valence-corrected chi connectivity index (χ2v) is 5.78. The number of methoxy groups -OCH3 is 1. The smallest absolute Gasteiger partial charge is 0.416 e. The van der Waals surface area contributed by atoms with Gasteiger partial charge in [0.15, 0.2) is 0 Å². The quantitative estimate of drug-likeness (QED) is 0.645. The lowest BCUT2D eigenvalue weighted by Gasteiger charge is -2.14. The molecule has 3 rings (SSSR count). The van der Waals surface area contributed by atoms with Gasteiger partial charge in [-0.25, -0.2) is 0 Å². The standard InChI is InChI=1S/C21H16F3NO2/c1-27-19-12-5-4-10-17(19)16-9-2-3-11-18(16)20(26)25-15-8-6-7-14(13-15)21(22,23)24/h2-13H,1H3,(H,25,26). The third-order valence-electron chi connectivity index (χ3n) is 4.02. The van der Waals surface area contributed by atoms with Crippen LogP contribution in [0.2, 0.25) is 0 Å². The zero-order valence-electron chi connectivity index (χ0n) is 14.4. The van der Waals surface area contributed by atoms with E-state index in [1.54, 1.807) is 30.3 Å². The van der Waals surface area contributed by atoms with Crippen LogP contribution in [0.5, 0.6) is 5.75 Å². The van der Waals surface area contributed by atoms with Gasteiger partial charge in [-0.3, -0.25) is 4.79 Å². The van der Waals surface area contributed by atoms with E-state index in [0.717, 1.165) is 17.7 Å². The van der Waals surface area contributed by atoms with Crippen LogP contribution in [-0.2, 0) is 6.18 Å². The number of alkyl halides is 3. The molecule has 3 nitrogen and oxygen atoms in total. The number of anilines is 1. The Hall–Kier alpha value is -3.28. The number of hydrogen-bond donors (Lipinski definition) is 1. The van der Waals surface area contributed by atoms with Crippen molar-refractivity contribution in [2.45, 2.75) is 6.18 Å². The maximum atomic E-state index is 12.9. The first-order chi connectivity index (χ1) is 12.9. The highest BCUT2D eigenvalue weighted by Gasteiger charge is 2.30. The van der Waals surface area contributed by atoms with E-state index in [9.17, 15) is 18.0 Å². The number of hydrogen-bond acceptors (Lipinski definition) is 2. The van der Waals surface area contributed by atoms with Gasteiger partial charge in [0.2, 0.25) is 0 Å². The van der Waals surface area contributed by atoms with Crippen molar-refractivity contribution in [3.8, 4) is 16.9 Å². The van der Waals surface area contributed by atoms with E-state index in [-0.39, 0.29) is 5.69 Å². The van der Waals surface area contributed by atoms with E-state index in [4.69, 9.17) is 4.74 Å². The fourth-order valence-electron chi connectivity index (χ4n) is 2.75. The van der Waals surface area contributed by atoms with Gasteiger partial charge >= 0.3 is 6.18 Å². The predicted octanol–water partition coefficient (Wildman–Crippen LogP) is 5.63. The molecule has 0 fully saturated rings. The molecule has 0 atom stereocenters. The number of carbonyl (C=O) groups excluding carboxylic acids is 1. The van der Waals surface area contributed by atoms with Gasteiger partial charge in [0.05, 0.1) is 12.7 Å². The van der Waals surface area contributed by atoms with Crippen molar-refractivity contribution in [1.29, 1.82) is 0 Å². The van der Waals surface area contributed by atoms with Crippen molar-refractivity contribution >= 4 is 11.6 Å². The van der Waals surface area contributed by atoms with Gasteiger partial charge in [-0.05, 0) is 35.9 Å². The Kier molecular flexibility index (Phi) is 5.16. The number of para-hydroxylation sites is 1. The normalized spacial score (nSPS) is 11.1. The molecule has 27 heavy (non-hydrogen) atoms. The summed E-state index contributed by atoms with van der Waals surface area (Å²) in [6.07, 6.45) is -4.48. The Morgan fingerprint density at radius 2 is 1.56 bits per heavy atom. The number of carbonyl (C=O) groups is 1. The molecule has 138 valence electrons. The number of benzene rings is 3. The molecule has 0 radical (unpaired) electrons. The van der Waals surface area contributed by atoms with E-state index in [2.05, 4.69) is 5.32 Å². The van der Waals surface area contributed by atoms with E-state index in [0.29, 0.717) is 16.9 Å². The monoisotopic (exact) mass is 371 g/mol. The van der Waals surface area contributed by atoms with Crippen LogP contribution in [-0.4, -0.2) is 13.0 Å². The van der Waals surface area contributed by atoms with Crippen molar-refractivity contribution in [3.63, 3.8) is 0 Å². The summed E-state index contributed by atoms with van der Waals surface area (Å²) in [5.41, 5.74) is 0.927. The third kappa shape index (κ3) is 4.11. The van der Waals surface area contributed by atoms with Gasteiger partial charge in [-0.1, -0.05) is 42.5 Å². The van der Waals surface area contributed by atoms with Crippen molar-refractivity contribution in [1.82, 2.24) is 0 Å². The maximum Gasteiger partial charge on any atom is 0.416 e. The molecule has 0 bridgehead atoms. The zero-order chi connectivity index (χ0) is 19.4. The molecule has 0 aliphatic heterocycles. The topological polar surface area (TPSA) is 38.3 Å². The summed E-state index contributed by atoms with van der Waals surface area (Å²) >= 11 is 0. The van der Waals surface area contributed by atoms with Gasteiger partial charge in [-0.2, -0.15) is 13.2 Å². The van der Waals surface area contributed by atoms with Gasteiger partial charge in [0.1, 0.15) is 5.75 Å². The maximum absolute atomic E-state index is 12.9. The lowest BCUT2D eigenvalue weighted by molar-refractivity contribution is -0.137. The Morgan fingerprint density at radius 3 is 2.26 bits per heavy atom. The van der Waals surface area contributed by atoms with Crippen molar-refractivity contribution in [2.24, 2.45) is 0 Å². The highest BCUT2D eigenvalue weighted by atomic mass is 19.4. The highest BCUT2D eigenvalue weighted by molar-refractivity contribution is 6.09. The van der Waals surface area contributed by atoms with Gasteiger partial charge in [-0.15, -0.1) is 0 Å². The first kappa shape index (κ1) is 18.5. The fraction of sp³-hybridized carbons (Fsp3) is 0.0952. The van der Waals surface area contributed by atoms with Crippen molar-refractivity contribution in [3.05, 3.63) is 83.9 Å². The minimum absolute atomic E-state index is 0.0738. The molecule has 0 aliphatic carbocycles. The summed E-state index contributed by atoms with van der Waals surface area (Å²) in [6.45, 7) is 0. The largest absolute Gasteiger partial charge is 0.496 e. The lowest BCUT2D eigenvalue weighted by atomic mass is 9.98. The SMILES string of the molecule is COc1ccccc1-c1ccccc1C(=O)Nc1cccc(C(F)(F)F)c1. The number of nitrogens with one attached hydrogen (secondary N) is 1. The summed E-state index contributed by atoms with van der Waals surface area (Å²) in [5, 5.41) is 2.54. The van der Waals surface area contributed by atoms with E-state index >= 15 is 0 Å². The zero-order valence-corrected chi connectivity index (χ0v) is 14.4. The Balaban J connectivity index is 1.95. The molecule has 1 N–H and O–H groups in total. The average Bonchev–Trinajstić information content (AvgIpc) is 2.67. The number of halogens is 3. The van der Waals surface area contributed by atoms with Crippen LogP contribution in [0, 0.1) is 0 Å². The second kappa shape index (κ2) is 7.53. The number of rotatable bonds is 4. The van der Waals surface area contributed by atoms with Gasteiger partial charge in [0.25, 0.3) is 5.91 Å². The Bertz CT molecular complexity index is 967. The lowest BCUT2D eigenvalue weighted by Crippen LogP contribution is -2.14. The molecule has 0 unspecified atom stereocenters. The molecule has 6 heteroatoms. The minimum Gasteiger partial charge on any atom is -0.496 e. The Morgan fingerprint density at radius 1 is 0.889 bits per heavy atom. The molecule has 0 heterocycles. The molecule has 0 spiro atoms. The van der Waals surface area contributed by atoms with E-state index < -0.39 is 17.6 Å². The molecular formula is C21H16F3NO2. The number of ether oxygens (including phenoxy) is 1. The van der Waals surface area contributed by atoms with Crippen LogP contribution in [0.4, 0.5) is 18.9 Å². The second-order valence-electron chi connectivity index (χ2n) is 5.78. The van der Waals surface area contributed by atoms with Crippen LogP contribution in [0.1, 0.15) is 15.9 Å². The predicted molar refractivity (Wildman–Crippen MR) is 97.8 cm³/mol. The van der Waals surface area contributed by atoms with Crippen LogP contribution in [0.15, 0.2) is 72.8 Å². The number of amides is 1. The molecule has 0 saturated heterocycles. The summed E-state index contributed by atoms with van der Waals surface area (Å²) in [5.74, 6) is 0.0904. The molecule has 3 aromatic rings. The van der Waals surface area contributed by atoms with Crippen LogP contribution in [0.3, 0.4) is 0 Å². The fourth-order valence-corrected chi connectivity index (χ4v) is 2.75. The van der Waals surface area contributed by atoms with Crippen molar-refractivity contribution < 1.29 is 22.7 Å². The first-order valence-corrected chi connectivity index (χ1v) is 8.11. The summed E-state index contributed by atoms with van der Waals surface area (Å²) in [4.78, 5) is 12.7. The van der Waals surface area contributed by atoms with E-state index in [1.807, 2.05) is 18.2 Å². The molecule has 0 aromatic heterocycles. The minimum atomic E-state index is -4.48. The van der Waals surface area contributed by atoms with Crippen LogP contribution < -0.4 is 10.1 Å². The average molecular weight is 371 g/mol. The summed E-state index contributed by atoms with van der Waals surface area (Å²) in [7, 11) is 1.53. The molecule has 0 saturated carbocycles. The van der Waals surface area contributed by atoms with Gasteiger partial charge < -0.3 is 10.1 Å². The summed E-state index contributed by atoms with van der Waals surface area (Å²) in [6, 6.07) is 18.6. The Labute approximate surface area is 154 Å². The van der Waals surface area contributed by atoms with Crippen molar-refractivity contribution in [2.75, 3.05) is 12.4 Å². The molecule has 3 aromatic carbocycles. The third-order valence-corrected chi connectivity index (χ3v) is 4.02. The van der Waals surface area contributed by atoms with Gasteiger partial charge in [0, 0.05) is 16.8 Å². The molecular weight excluding hydrogens is 355 g/mol. The highest BCUT2D eigenvalue weighted by Crippen LogP contribution is 2.33. The molecule has 0 aliphatic rings. The van der Waals surface area contributed by atoms with Crippen LogP contribution in [0.25, 0.3) is 11.1 Å². The molecule has 1 amide bonds. The van der Waals surface area contributed by atoms with Crippen LogP contribution >= 0.6 is 0 Å². The van der Waals surface area contributed by atoms with E-state index in [1.165, 1.54) is 19.2 Å².